The number of rotatable bonds is 7. The molecule has 0 saturated heterocycles. The molecule has 1 amide bonds. The van der Waals surface area contributed by atoms with Crippen LogP contribution < -0.4 is 11.1 Å². The van der Waals surface area contributed by atoms with E-state index in [1.165, 1.54) is 0 Å². The van der Waals surface area contributed by atoms with Crippen LogP contribution in [0.1, 0.15) is 47.5 Å². The average molecular weight is 272 g/mol. The monoisotopic (exact) mass is 272 g/mol. The molecule has 2 unspecified atom stereocenters. The molecule has 5 nitrogen and oxygen atoms in total. The van der Waals surface area contributed by atoms with Gasteiger partial charge in [0.15, 0.2) is 0 Å². The van der Waals surface area contributed by atoms with Gasteiger partial charge in [-0.3, -0.25) is 9.59 Å². The molecule has 4 N–H and O–H groups in total. The van der Waals surface area contributed by atoms with Crippen LogP contribution in [0.2, 0.25) is 0 Å². The van der Waals surface area contributed by atoms with Gasteiger partial charge in [0.2, 0.25) is 5.91 Å². The standard InChI is InChI=1S/C14H28N2O3/c1-6-9(2)11(15)12(17)16-8-10(13(18)19)7-14(3,4)5/h9-11H,6-8,15H2,1-5H3,(H,16,17)(H,18,19)/t9?,10?,11-/m0/s1. The highest BCUT2D eigenvalue weighted by Gasteiger charge is 2.26. The van der Waals surface area contributed by atoms with Crippen molar-refractivity contribution in [1.29, 1.82) is 0 Å². The minimum absolute atomic E-state index is 0.0888. The Balaban J connectivity index is 4.41. The van der Waals surface area contributed by atoms with Crippen molar-refractivity contribution in [3.63, 3.8) is 0 Å². The van der Waals surface area contributed by atoms with Crippen molar-refractivity contribution in [3.8, 4) is 0 Å². The second-order valence-electron chi connectivity index (χ2n) is 6.46. The fourth-order valence-electron chi connectivity index (χ4n) is 1.84. The SMILES string of the molecule is CCC(C)[C@H](N)C(=O)NCC(CC(C)(C)C)C(=O)O. The zero-order chi connectivity index (χ0) is 15.2. The smallest absolute Gasteiger partial charge is 0.308 e. The number of aliphatic carboxylic acids is 1. The van der Waals surface area contributed by atoms with Crippen LogP contribution in [0.15, 0.2) is 0 Å². The van der Waals surface area contributed by atoms with Gasteiger partial charge in [-0.2, -0.15) is 0 Å². The molecule has 0 aliphatic rings. The second-order valence-corrected chi connectivity index (χ2v) is 6.46. The summed E-state index contributed by atoms with van der Waals surface area (Å²) >= 11 is 0. The molecule has 0 aromatic carbocycles. The minimum atomic E-state index is -0.882. The third-order valence-corrected chi connectivity index (χ3v) is 3.29. The second kappa shape index (κ2) is 7.48. The third kappa shape index (κ3) is 7.15. The molecule has 0 radical (unpaired) electrons. The van der Waals surface area contributed by atoms with E-state index in [1.54, 1.807) is 0 Å². The molecule has 0 spiro atoms. The fourth-order valence-corrected chi connectivity index (χ4v) is 1.84. The molecule has 0 bridgehead atoms. The zero-order valence-electron chi connectivity index (χ0n) is 12.7. The summed E-state index contributed by atoms with van der Waals surface area (Å²) in [6.07, 6.45) is 1.33. The molecule has 0 rings (SSSR count). The van der Waals surface area contributed by atoms with Crippen molar-refractivity contribution in [1.82, 2.24) is 5.32 Å². The van der Waals surface area contributed by atoms with E-state index in [0.717, 1.165) is 6.42 Å². The van der Waals surface area contributed by atoms with Gasteiger partial charge >= 0.3 is 5.97 Å². The molecule has 112 valence electrons. The van der Waals surface area contributed by atoms with Crippen molar-refractivity contribution in [2.45, 2.75) is 53.5 Å². The first-order valence-electron chi connectivity index (χ1n) is 6.84. The van der Waals surface area contributed by atoms with Crippen LogP contribution in [0.5, 0.6) is 0 Å². The molecule has 0 fully saturated rings. The first kappa shape index (κ1) is 17.9. The van der Waals surface area contributed by atoms with Crippen LogP contribution in [0.25, 0.3) is 0 Å². The molecule has 19 heavy (non-hydrogen) atoms. The molecule has 0 heterocycles. The lowest BCUT2D eigenvalue weighted by Gasteiger charge is -2.24. The van der Waals surface area contributed by atoms with Crippen molar-refractivity contribution in [2.24, 2.45) is 23.0 Å². The van der Waals surface area contributed by atoms with Crippen LogP contribution in [-0.2, 0) is 9.59 Å². The maximum absolute atomic E-state index is 11.8. The Labute approximate surface area is 115 Å². The number of carbonyl (C=O) groups is 2. The topological polar surface area (TPSA) is 92.4 Å². The van der Waals surface area contributed by atoms with E-state index in [0.29, 0.717) is 6.42 Å². The van der Waals surface area contributed by atoms with E-state index in [9.17, 15) is 9.59 Å². The number of hydrogen-bond donors (Lipinski definition) is 3. The van der Waals surface area contributed by atoms with Gasteiger partial charge < -0.3 is 16.2 Å². The van der Waals surface area contributed by atoms with Crippen LogP contribution in [0, 0.1) is 17.3 Å². The van der Waals surface area contributed by atoms with Gasteiger partial charge in [0.05, 0.1) is 12.0 Å². The summed E-state index contributed by atoms with van der Waals surface area (Å²) in [6.45, 7) is 9.96. The number of carbonyl (C=O) groups excluding carboxylic acids is 1. The lowest BCUT2D eigenvalue weighted by Crippen LogP contribution is -2.47. The molecular weight excluding hydrogens is 244 g/mol. The molecule has 0 aliphatic heterocycles. The van der Waals surface area contributed by atoms with E-state index < -0.39 is 17.9 Å². The van der Waals surface area contributed by atoms with E-state index in [4.69, 9.17) is 10.8 Å². The van der Waals surface area contributed by atoms with Crippen LogP contribution in [0.3, 0.4) is 0 Å². The first-order valence-corrected chi connectivity index (χ1v) is 6.84. The number of nitrogens with two attached hydrogens (primary N) is 1. The number of carboxylic acids is 1. The summed E-state index contributed by atoms with van der Waals surface area (Å²) in [5.41, 5.74) is 5.71. The van der Waals surface area contributed by atoms with E-state index in [2.05, 4.69) is 5.32 Å². The summed E-state index contributed by atoms with van der Waals surface area (Å²) in [7, 11) is 0. The molecule has 5 heteroatoms. The quantitative estimate of drug-likeness (QED) is 0.656. The minimum Gasteiger partial charge on any atom is -0.481 e. The summed E-state index contributed by atoms with van der Waals surface area (Å²) in [5, 5.41) is 11.8. The Morgan fingerprint density at radius 1 is 1.32 bits per heavy atom. The first-order chi connectivity index (χ1) is 8.58. The van der Waals surface area contributed by atoms with Crippen LogP contribution in [0.4, 0.5) is 0 Å². The largest absolute Gasteiger partial charge is 0.481 e. The lowest BCUT2D eigenvalue weighted by molar-refractivity contribution is -0.142. The van der Waals surface area contributed by atoms with E-state index >= 15 is 0 Å². The fraction of sp³-hybridized carbons (Fsp3) is 0.857. The van der Waals surface area contributed by atoms with Gasteiger partial charge in [-0.1, -0.05) is 41.0 Å². The highest BCUT2D eigenvalue weighted by atomic mass is 16.4. The predicted octanol–water partition coefficient (Wildman–Crippen LogP) is 1.61. The summed E-state index contributed by atoms with van der Waals surface area (Å²) < 4.78 is 0. The van der Waals surface area contributed by atoms with Gasteiger partial charge in [0.25, 0.3) is 0 Å². The van der Waals surface area contributed by atoms with E-state index in [-0.39, 0.29) is 23.8 Å². The normalized spacial score (nSPS) is 16.5. The van der Waals surface area contributed by atoms with Gasteiger partial charge in [-0.05, 0) is 17.8 Å². The molecule has 0 aromatic heterocycles. The predicted molar refractivity (Wildman–Crippen MR) is 75.6 cm³/mol. The Morgan fingerprint density at radius 3 is 2.21 bits per heavy atom. The van der Waals surface area contributed by atoms with Crippen LogP contribution in [-0.4, -0.2) is 29.6 Å². The van der Waals surface area contributed by atoms with Crippen molar-refractivity contribution >= 4 is 11.9 Å². The molecular formula is C14H28N2O3. The number of hydrogen-bond acceptors (Lipinski definition) is 3. The highest BCUT2D eigenvalue weighted by molar-refractivity contribution is 5.82. The molecule has 3 atom stereocenters. The maximum atomic E-state index is 11.8. The number of amides is 1. The third-order valence-electron chi connectivity index (χ3n) is 3.29. The van der Waals surface area contributed by atoms with Crippen molar-refractivity contribution in [3.05, 3.63) is 0 Å². The van der Waals surface area contributed by atoms with Gasteiger partial charge in [0.1, 0.15) is 0 Å². The van der Waals surface area contributed by atoms with Crippen LogP contribution >= 0.6 is 0 Å². The van der Waals surface area contributed by atoms with Gasteiger partial charge in [0, 0.05) is 6.54 Å². The van der Waals surface area contributed by atoms with Gasteiger partial charge in [-0.15, -0.1) is 0 Å². The summed E-state index contributed by atoms with van der Waals surface area (Å²) in [6, 6.07) is -0.575. The Morgan fingerprint density at radius 2 is 1.84 bits per heavy atom. The summed E-state index contributed by atoms with van der Waals surface area (Å²) in [4.78, 5) is 23.0. The van der Waals surface area contributed by atoms with Crippen molar-refractivity contribution in [2.75, 3.05) is 6.54 Å². The Kier molecular flexibility index (Phi) is 7.05. The number of carboxylic acid groups (broad SMARTS) is 1. The molecule has 0 aliphatic carbocycles. The average Bonchev–Trinajstić information content (AvgIpc) is 2.30. The molecule has 0 aromatic rings. The van der Waals surface area contributed by atoms with E-state index in [1.807, 2.05) is 34.6 Å². The lowest BCUT2D eigenvalue weighted by atomic mass is 9.84. The number of nitrogens with one attached hydrogen (secondary N) is 1. The van der Waals surface area contributed by atoms with Gasteiger partial charge in [-0.25, -0.2) is 0 Å². The maximum Gasteiger partial charge on any atom is 0.308 e. The van der Waals surface area contributed by atoms with Crippen molar-refractivity contribution < 1.29 is 14.7 Å². The highest BCUT2D eigenvalue weighted by Crippen LogP contribution is 2.24. The summed E-state index contributed by atoms with van der Waals surface area (Å²) in [5.74, 6) is -1.64. The Hall–Kier alpha value is -1.10. The Bertz CT molecular complexity index is 310. The molecule has 0 saturated carbocycles. The zero-order valence-corrected chi connectivity index (χ0v) is 12.7.